The minimum atomic E-state index is -0.329. The minimum Gasteiger partial charge on any atom is -0.321 e. The maximum atomic E-state index is 5.63. The molecule has 2 aliphatic heterocycles. The average molecular weight is 202 g/mol. The van der Waals surface area contributed by atoms with Crippen LogP contribution in [0.15, 0.2) is 0 Å². The second-order valence-corrected chi connectivity index (χ2v) is 3.88. The molecular weight excluding hydrogens is 184 g/mol. The summed E-state index contributed by atoms with van der Waals surface area (Å²) in [6.07, 6.45) is 5.89. The minimum absolute atomic E-state index is 0.157. The van der Waals surface area contributed by atoms with Gasteiger partial charge in [-0.2, -0.15) is 0 Å². The van der Waals surface area contributed by atoms with E-state index in [0.29, 0.717) is 0 Å². The summed E-state index contributed by atoms with van der Waals surface area (Å²) in [6.45, 7) is 1.82. The van der Waals surface area contributed by atoms with Crippen molar-refractivity contribution in [1.82, 2.24) is 0 Å². The van der Waals surface area contributed by atoms with Crippen LogP contribution >= 0.6 is 0 Å². The predicted molar refractivity (Wildman–Crippen MR) is 49.1 cm³/mol. The summed E-state index contributed by atoms with van der Waals surface area (Å²) < 4.78 is 11.1. The topological polar surface area (TPSA) is 36.9 Å². The van der Waals surface area contributed by atoms with E-state index in [1.165, 1.54) is 12.8 Å². The summed E-state index contributed by atoms with van der Waals surface area (Å²) >= 11 is 0. The molecule has 2 bridgehead atoms. The van der Waals surface area contributed by atoms with Crippen molar-refractivity contribution in [3.8, 4) is 0 Å². The molecule has 0 aromatic heterocycles. The zero-order valence-corrected chi connectivity index (χ0v) is 8.61. The molecule has 0 aliphatic carbocycles. The Kier molecular flexibility index (Phi) is 3.75. The molecule has 4 nitrogen and oxygen atoms in total. The number of fused-ring (bicyclic) bond motifs is 2. The summed E-state index contributed by atoms with van der Waals surface area (Å²) in [5.41, 5.74) is 0. The lowest BCUT2D eigenvalue weighted by atomic mass is 10.1. The van der Waals surface area contributed by atoms with Gasteiger partial charge in [-0.05, 0) is 26.2 Å². The highest BCUT2D eigenvalue weighted by Crippen LogP contribution is 2.23. The van der Waals surface area contributed by atoms with Crippen LogP contribution in [0.2, 0.25) is 0 Å². The fourth-order valence-corrected chi connectivity index (χ4v) is 1.83. The lowest BCUT2D eigenvalue weighted by Gasteiger charge is -2.17. The van der Waals surface area contributed by atoms with Crippen LogP contribution in [0.5, 0.6) is 0 Å². The summed E-state index contributed by atoms with van der Waals surface area (Å²) in [6, 6.07) is 0. The van der Waals surface area contributed by atoms with Gasteiger partial charge in [0, 0.05) is 6.42 Å². The summed E-state index contributed by atoms with van der Waals surface area (Å²) in [5, 5.41) is 0. The van der Waals surface area contributed by atoms with E-state index >= 15 is 0 Å². The lowest BCUT2D eigenvalue weighted by molar-refractivity contribution is -0.395. The largest absolute Gasteiger partial charge is 0.321 e. The SMILES string of the molecule is CC1OOC2CCCCCCC(O1)O2. The highest BCUT2D eigenvalue weighted by Gasteiger charge is 2.26. The van der Waals surface area contributed by atoms with Crippen LogP contribution in [0.4, 0.5) is 0 Å². The first-order chi connectivity index (χ1) is 6.84. The second kappa shape index (κ2) is 5.07. The summed E-state index contributed by atoms with van der Waals surface area (Å²) in [4.78, 5) is 10.2. The molecule has 0 aromatic carbocycles. The Labute approximate surface area is 84.4 Å². The van der Waals surface area contributed by atoms with Gasteiger partial charge in [0.05, 0.1) is 0 Å². The normalized spacial score (nSPS) is 40.5. The maximum absolute atomic E-state index is 5.63. The molecule has 3 atom stereocenters. The van der Waals surface area contributed by atoms with Gasteiger partial charge in [0.15, 0.2) is 18.9 Å². The summed E-state index contributed by atoms with van der Waals surface area (Å²) in [7, 11) is 0. The van der Waals surface area contributed by atoms with Gasteiger partial charge in [-0.25, -0.2) is 9.78 Å². The molecule has 2 heterocycles. The van der Waals surface area contributed by atoms with Gasteiger partial charge in [0.25, 0.3) is 0 Å². The van der Waals surface area contributed by atoms with Gasteiger partial charge in [-0.15, -0.1) is 0 Å². The van der Waals surface area contributed by atoms with Crippen molar-refractivity contribution in [2.24, 2.45) is 0 Å². The van der Waals surface area contributed by atoms with Crippen molar-refractivity contribution in [3.05, 3.63) is 0 Å². The van der Waals surface area contributed by atoms with E-state index in [0.717, 1.165) is 25.7 Å². The Bertz CT molecular complexity index is 174. The Morgan fingerprint density at radius 2 is 1.50 bits per heavy atom. The zero-order valence-electron chi connectivity index (χ0n) is 8.61. The van der Waals surface area contributed by atoms with Crippen molar-refractivity contribution >= 4 is 0 Å². The van der Waals surface area contributed by atoms with Gasteiger partial charge in [-0.3, -0.25) is 0 Å². The third-order valence-corrected chi connectivity index (χ3v) is 2.58. The van der Waals surface area contributed by atoms with Crippen molar-refractivity contribution in [2.45, 2.75) is 64.3 Å². The molecule has 3 unspecified atom stereocenters. The van der Waals surface area contributed by atoms with Gasteiger partial charge >= 0.3 is 0 Å². The molecule has 82 valence electrons. The molecule has 0 saturated carbocycles. The van der Waals surface area contributed by atoms with Gasteiger partial charge in [0.2, 0.25) is 0 Å². The predicted octanol–water partition coefficient (Wildman–Crippen LogP) is 2.33. The molecule has 0 radical (unpaired) electrons. The van der Waals surface area contributed by atoms with Crippen LogP contribution in [-0.2, 0) is 19.2 Å². The van der Waals surface area contributed by atoms with Crippen LogP contribution in [0.3, 0.4) is 0 Å². The molecule has 0 aromatic rings. The molecule has 0 amide bonds. The third kappa shape index (κ3) is 2.92. The van der Waals surface area contributed by atoms with Gasteiger partial charge in [-0.1, -0.05) is 12.8 Å². The van der Waals surface area contributed by atoms with E-state index in [4.69, 9.17) is 19.2 Å². The number of hydrogen-bond donors (Lipinski definition) is 0. The van der Waals surface area contributed by atoms with E-state index < -0.39 is 0 Å². The number of hydrogen-bond acceptors (Lipinski definition) is 4. The van der Waals surface area contributed by atoms with Crippen LogP contribution in [0.1, 0.15) is 45.4 Å². The molecule has 2 aliphatic rings. The fraction of sp³-hybridized carbons (Fsp3) is 1.00. The first kappa shape index (κ1) is 10.4. The van der Waals surface area contributed by atoms with Gasteiger partial charge in [0.1, 0.15) is 0 Å². The van der Waals surface area contributed by atoms with Gasteiger partial charge < -0.3 is 9.47 Å². The first-order valence-corrected chi connectivity index (χ1v) is 5.47. The van der Waals surface area contributed by atoms with Crippen molar-refractivity contribution < 1.29 is 19.2 Å². The van der Waals surface area contributed by atoms with Crippen molar-refractivity contribution in [3.63, 3.8) is 0 Å². The average Bonchev–Trinajstić information content (AvgIpc) is 2.27. The molecule has 2 fully saturated rings. The van der Waals surface area contributed by atoms with Crippen LogP contribution in [-0.4, -0.2) is 18.9 Å². The number of ether oxygens (including phenoxy) is 2. The third-order valence-electron chi connectivity index (χ3n) is 2.58. The highest BCUT2D eigenvalue weighted by molar-refractivity contribution is 4.57. The molecule has 4 heteroatoms. The standard InChI is InChI=1S/C10H18O4/c1-8-11-9-6-4-2-3-5-7-10(12-9)14-13-8/h8-10H,2-7H2,1H3. The quantitative estimate of drug-likeness (QED) is 0.565. The van der Waals surface area contributed by atoms with E-state index in [-0.39, 0.29) is 18.9 Å². The second-order valence-electron chi connectivity index (χ2n) is 3.88. The van der Waals surface area contributed by atoms with Crippen molar-refractivity contribution in [2.75, 3.05) is 0 Å². The molecule has 2 saturated heterocycles. The monoisotopic (exact) mass is 202 g/mol. The van der Waals surface area contributed by atoms with E-state index in [1.807, 2.05) is 6.92 Å². The fourth-order valence-electron chi connectivity index (χ4n) is 1.83. The first-order valence-electron chi connectivity index (χ1n) is 5.47. The Morgan fingerprint density at radius 3 is 2.29 bits per heavy atom. The van der Waals surface area contributed by atoms with Crippen LogP contribution in [0, 0.1) is 0 Å². The van der Waals surface area contributed by atoms with E-state index in [2.05, 4.69) is 0 Å². The lowest BCUT2D eigenvalue weighted by Crippen LogP contribution is -2.23. The molecular formula is C10H18O4. The Balaban J connectivity index is 1.95. The summed E-state index contributed by atoms with van der Waals surface area (Å²) in [5.74, 6) is 0. The molecule has 0 N–H and O–H groups in total. The maximum Gasteiger partial charge on any atom is 0.194 e. The molecule has 0 spiro atoms. The zero-order chi connectivity index (χ0) is 9.80. The molecule has 14 heavy (non-hydrogen) atoms. The van der Waals surface area contributed by atoms with Crippen molar-refractivity contribution in [1.29, 1.82) is 0 Å². The highest BCUT2D eigenvalue weighted by atomic mass is 17.3. The Hall–Kier alpha value is -0.160. The van der Waals surface area contributed by atoms with Crippen LogP contribution < -0.4 is 0 Å². The van der Waals surface area contributed by atoms with E-state index in [1.54, 1.807) is 0 Å². The molecule has 2 rings (SSSR count). The van der Waals surface area contributed by atoms with Crippen LogP contribution in [0.25, 0.3) is 0 Å². The number of rotatable bonds is 0. The smallest absolute Gasteiger partial charge is 0.194 e. The Morgan fingerprint density at radius 1 is 0.786 bits per heavy atom. The van der Waals surface area contributed by atoms with E-state index in [9.17, 15) is 0 Å².